The molecule has 1 heterocycles. The second-order valence-corrected chi connectivity index (χ2v) is 9.67. The molecule has 0 atom stereocenters. The van der Waals surface area contributed by atoms with Crippen LogP contribution in [0.15, 0.2) is 47.4 Å². The standard InChI is InChI=1S/C21H24N4O5S/c26-18(24-25-19(27)21(23-20(25)28)11-4-1-5-12-21)10-13-22-31(29,30)17-9-8-15-6-2-3-7-16(15)14-17/h2-3,6-9,14,22H,1,4-5,10-13H2,(H,23,28)(H,24,26). The molecule has 0 unspecified atom stereocenters. The van der Waals surface area contributed by atoms with Crippen LogP contribution in [0.3, 0.4) is 0 Å². The molecule has 3 N–H and O–H groups in total. The Morgan fingerprint density at radius 2 is 1.74 bits per heavy atom. The van der Waals surface area contributed by atoms with Crippen LogP contribution in [0.2, 0.25) is 0 Å². The topological polar surface area (TPSA) is 125 Å². The lowest BCUT2D eigenvalue weighted by Gasteiger charge is -2.30. The summed E-state index contributed by atoms with van der Waals surface area (Å²) in [7, 11) is -3.81. The molecule has 0 bridgehead atoms. The van der Waals surface area contributed by atoms with Gasteiger partial charge in [-0.1, -0.05) is 49.6 Å². The van der Waals surface area contributed by atoms with Crippen LogP contribution >= 0.6 is 0 Å². The minimum atomic E-state index is -3.81. The minimum absolute atomic E-state index is 0.0972. The molecule has 4 rings (SSSR count). The maximum Gasteiger partial charge on any atom is 0.344 e. The van der Waals surface area contributed by atoms with Crippen molar-refractivity contribution >= 4 is 38.6 Å². The summed E-state index contributed by atoms with van der Waals surface area (Å²) in [6, 6.07) is 11.5. The second-order valence-electron chi connectivity index (χ2n) is 7.91. The van der Waals surface area contributed by atoms with Crippen LogP contribution < -0.4 is 15.5 Å². The van der Waals surface area contributed by atoms with Gasteiger partial charge in [-0.3, -0.25) is 15.0 Å². The number of hydrogen-bond acceptors (Lipinski definition) is 5. The van der Waals surface area contributed by atoms with Gasteiger partial charge in [0.2, 0.25) is 15.9 Å². The number of fused-ring (bicyclic) bond motifs is 1. The number of hydrogen-bond donors (Lipinski definition) is 3. The van der Waals surface area contributed by atoms with Gasteiger partial charge in [-0.05, 0) is 35.7 Å². The monoisotopic (exact) mass is 444 g/mol. The highest BCUT2D eigenvalue weighted by Gasteiger charge is 2.52. The first-order valence-corrected chi connectivity index (χ1v) is 11.7. The quantitative estimate of drug-likeness (QED) is 0.586. The highest BCUT2D eigenvalue weighted by molar-refractivity contribution is 7.89. The third kappa shape index (κ3) is 4.26. The Hall–Kier alpha value is -2.98. The number of carbonyl (C=O) groups is 3. The number of carbonyl (C=O) groups excluding carboxylic acids is 3. The molecule has 0 aromatic heterocycles. The van der Waals surface area contributed by atoms with Gasteiger partial charge in [0.1, 0.15) is 5.54 Å². The van der Waals surface area contributed by atoms with Gasteiger partial charge in [-0.2, -0.15) is 5.01 Å². The highest BCUT2D eigenvalue weighted by atomic mass is 32.2. The first kappa shape index (κ1) is 21.3. The zero-order valence-corrected chi connectivity index (χ0v) is 17.7. The van der Waals surface area contributed by atoms with E-state index in [1.807, 2.05) is 24.3 Å². The van der Waals surface area contributed by atoms with Gasteiger partial charge in [-0.15, -0.1) is 0 Å². The lowest BCUT2D eigenvalue weighted by molar-refractivity contribution is -0.139. The number of imide groups is 1. The summed E-state index contributed by atoms with van der Waals surface area (Å²) >= 11 is 0. The number of rotatable bonds is 6. The highest BCUT2D eigenvalue weighted by Crippen LogP contribution is 2.33. The summed E-state index contributed by atoms with van der Waals surface area (Å²) < 4.78 is 27.5. The summed E-state index contributed by atoms with van der Waals surface area (Å²) in [5, 5.41) is 5.13. The normalized spacial score (nSPS) is 18.4. The molecule has 2 aromatic rings. The lowest BCUT2D eigenvalue weighted by atomic mass is 9.82. The van der Waals surface area contributed by atoms with E-state index in [0.29, 0.717) is 17.9 Å². The van der Waals surface area contributed by atoms with Crippen molar-refractivity contribution in [1.82, 2.24) is 20.5 Å². The van der Waals surface area contributed by atoms with Crippen molar-refractivity contribution in [2.24, 2.45) is 0 Å². The zero-order valence-electron chi connectivity index (χ0n) is 16.9. The summed E-state index contributed by atoms with van der Waals surface area (Å²) in [4.78, 5) is 37.2. The Labute approximate surface area is 180 Å². The smallest absolute Gasteiger partial charge is 0.322 e. The average molecular weight is 445 g/mol. The maximum atomic E-state index is 12.7. The van der Waals surface area contributed by atoms with Crippen LogP contribution in [0.5, 0.6) is 0 Å². The first-order chi connectivity index (χ1) is 14.8. The van der Waals surface area contributed by atoms with Gasteiger partial charge in [0.25, 0.3) is 5.91 Å². The fourth-order valence-corrected chi connectivity index (χ4v) is 5.18. The van der Waals surface area contributed by atoms with Crippen LogP contribution in [0, 0.1) is 0 Å². The molecule has 2 aromatic carbocycles. The van der Waals surface area contributed by atoms with Gasteiger partial charge in [-0.25, -0.2) is 17.9 Å². The van der Waals surface area contributed by atoms with E-state index in [2.05, 4.69) is 15.5 Å². The molecule has 164 valence electrons. The summed E-state index contributed by atoms with van der Waals surface area (Å²) in [6.45, 7) is -0.171. The molecule has 1 saturated carbocycles. The molecule has 2 fully saturated rings. The minimum Gasteiger partial charge on any atom is -0.322 e. The molecule has 1 saturated heterocycles. The molecular weight excluding hydrogens is 420 g/mol. The van der Waals surface area contributed by atoms with E-state index in [-0.39, 0.29) is 17.9 Å². The molecule has 0 radical (unpaired) electrons. The number of benzene rings is 2. The van der Waals surface area contributed by atoms with Crippen LogP contribution in [0.1, 0.15) is 38.5 Å². The fourth-order valence-electron chi connectivity index (χ4n) is 4.11. The Balaban J connectivity index is 1.33. The molecular formula is C21H24N4O5S. The third-order valence-electron chi connectivity index (χ3n) is 5.78. The van der Waals surface area contributed by atoms with Crippen LogP contribution in [-0.4, -0.2) is 43.4 Å². The SMILES string of the molecule is O=C(CCNS(=O)(=O)c1ccc2ccccc2c1)NN1C(=O)NC2(CCCCC2)C1=O. The summed E-state index contributed by atoms with van der Waals surface area (Å²) in [5.41, 5.74) is 1.37. The largest absolute Gasteiger partial charge is 0.344 e. The summed E-state index contributed by atoms with van der Waals surface area (Å²) in [6.07, 6.45) is 3.56. The number of amides is 4. The van der Waals surface area contributed by atoms with Gasteiger partial charge in [0.05, 0.1) is 4.90 Å². The van der Waals surface area contributed by atoms with E-state index in [4.69, 9.17) is 0 Å². The molecule has 10 heteroatoms. The lowest BCUT2D eigenvalue weighted by Crippen LogP contribution is -2.51. The van der Waals surface area contributed by atoms with Crippen LogP contribution in [-0.2, 0) is 19.6 Å². The number of sulfonamides is 1. The van der Waals surface area contributed by atoms with Gasteiger partial charge >= 0.3 is 6.03 Å². The Morgan fingerprint density at radius 1 is 1.03 bits per heavy atom. The van der Waals surface area contributed by atoms with E-state index >= 15 is 0 Å². The molecule has 1 aliphatic carbocycles. The van der Waals surface area contributed by atoms with Crippen molar-refractivity contribution in [2.75, 3.05) is 6.54 Å². The number of nitrogens with zero attached hydrogens (tertiary/aromatic N) is 1. The molecule has 31 heavy (non-hydrogen) atoms. The molecule has 2 aliphatic rings. The fraction of sp³-hybridized carbons (Fsp3) is 0.381. The molecule has 4 amide bonds. The zero-order chi connectivity index (χ0) is 22.1. The van der Waals surface area contributed by atoms with Crippen molar-refractivity contribution in [3.05, 3.63) is 42.5 Å². The Bertz CT molecular complexity index is 1140. The van der Waals surface area contributed by atoms with Crippen LogP contribution in [0.4, 0.5) is 4.79 Å². The van der Waals surface area contributed by atoms with E-state index < -0.39 is 33.4 Å². The average Bonchev–Trinajstić information content (AvgIpc) is 2.97. The summed E-state index contributed by atoms with van der Waals surface area (Å²) in [5.74, 6) is -1.08. The van der Waals surface area contributed by atoms with Gasteiger partial charge in [0, 0.05) is 13.0 Å². The van der Waals surface area contributed by atoms with Gasteiger partial charge in [0.15, 0.2) is 0 Å². The van der Waals surface area contributed by atoms with Crippen molar-refractivity contribution < 1.29 is 22.8 Å². The number of hydrazine groups is 1. The van der Waals surface area contributed by atoms with Crippen molar-refractivity contribution in [3.63, 3.8) is 0 Å². The Kier molecular flexibility index (Phi) is 5.67. The third-order valence-corrected chi connectivity index (χ3v) is 7.24. The van der Waals surface area contributed by atoms with E-state index in [1.165, 1.54) is 6.07 Å². The van der Waals surface area contributed by atoms with E-state index in [1.54, 1.807) is 12.1 Å². The van der Waals surface area contributed by atoms with Gasteiger partial charge < -0.3 is 5.32 Å². The molecule has 9 nitrogen and oxygen atoms in total. The van der Waals surface area contributed by atoms with Crippen molar-refractivity contribution in [3.8, 4) is 0 Å². The molecule has 1 aliphatic heterocycles. The van der Waals surface area contributed by atoms with Crippen molar-refractivity contribution in [2.45, 2.75) is 49.0 Å². The van der Waals surface area contributed by atoms with Crippen molar-refractivity contribution in [1.29, 1.82) is 0 Å². The van der Waals surface area contributed by atoms with Crippen LogP contribution in [0.25, 0.3) is 10.8 Å². The second kappa shape index (κ2) is 8.27. The maximum absolute atomic E-state index is 12.7. The number of urea groups is 1. The first-order valence-electron chi connectivity index (χ1n) is 10.3. The van der Waals surface area contributed by atoms with E-state index in [9.17, 15) is 22.8 Å². The predicted molar refractivity (Wildman–Crippen MR) is 113 cm³/mol. The number of nitrogens with one attached hydrogen (secondary N) is 3. The molecule has 1 spiro atoms. The van der Waals surface area contributed by atoms with E-state index in [0.717, 1.165) is 30.0 Å². The Morgan fingerprint density at radius 3 is 2.48 bits per heavy atom. The predicted octanol–water partition coefficient (Wildman–Crippen LogP) is 1.79.